The van der Waals surface area contributed by atoms with Gasteiger partial charge in [-0.05, 0) is 43.7 Å². The van der Waals surface area contributed by atoms with Crippen LogP contribution in [0.4, 0.5) is 11.4 Å². The van der Waals surface area contributed by atoms with Gasteiger partial charge in [0.1, 0.15) is 17.2 Å². The van der Waals surface area contributed by atoms with Crippen LogP contribution in [0.1, 0.15) is 18.1 Å². The Balaban J connectivity index is 1.82. The molecule has 0 unspecified atom stereocenters. The molecule has 1 N–H and O–H groups in total. The molecule has 6 heteroatoms. The molecule has 162 valence electrons. The highest BCUT2D eigenvalue weighted by Crippen LogP contribution is 2.38. The Labute approximate surface area is 187 Å². The van der Waals surface area contributed by atoms with Gasteiger partial charge in [-0.2, -0.15) is 0 Å². The van der Waals surface area contributed by atoms with Gasteiger partial charge in [-0.25, -0.2) is 4.90 Å². The molecule has 3 aromatic carbocycles. The van der Waals surface area contributed by atoms with Gasteiger partial charge < -0.3 is 14.8 Å². The van der Waals surface area contributed by atoms with E-state index in [2.05, 4.69) is 5.32 Å². The van der Waals surface area contributed by atoms with Crippen LogP contribution >= 0.6 is 0 Å². The lowest BCUT2D eigenvalue weighted by molar-refractivity contribution is -0.120. The summed E-state index contributed by atoms with van der Waals surface area (Å²) in [6.45, 7) is 4.25. The number of nitrogens with one attached hydrogen (secondary N) is 1. The van der Waals surface area contributed by atoms with E-state index >= 15 is 0 Å². The standard InChI is InChI=1S/C26H24N2O4/c1-4-32-22-11-6-5-10-21(22)28-25(29)23(18-14-12-17(2)13-15-18)24(26(28)30)27-19-8-7-9-20(16-19)31-3/h5-16,27H,4H2,1-3H3. The minimum absolute atomic E-state index is 0.207. The van der Waals surface area contributed by atoms with Crippen molar-refractivity contribution in [3.63, 3.8) is 0 Å². The predicted molar refractivity (Wildman–Crippen MR) is 125 cm³/mol. The quantitative estimate of drug-likeness (QED) is 0.548. The first kappa shape index (κ1) is 21.2. The number of rotatable bonds is 7. The van der Waals surface area contributed by atoms with E-state index in [9.17, 15) is 9.59 Å². The van der Waals surface area contributed by atoms with Crippen LogP contribution in [0.3, 0.4) is 0 Å². The van der Waals surface area contributed by atoms with Crippen molar-refractivity contribution in [2.24, 2.45) is 0 Å². The maximum atomic E-state index is 13.6. The Bertz CT molecular complexity index is 1200. The van der Waals surface area contributed by atoms with E-state index in [4.69, 9.17) is 9.47 Å². The number of carbonyl (C=O) groups is 2. The number of nitrogens with zero attached hydrogens (tertiary/aromatic N) is 1. The number of benzene rings is 3. The van der Waals surface area contributed by atoms with Gasteiger partial charge in [0.15, 0.2) is 0 Å². The fraction of sp³-hybridized carbons (Fsp3) is 0.154. The van der Waals surface area contributed by atoms with E-state index < -0.39 is 11.8 Å². The summed E-state index contributed by atoms with van der Waals surface area (Å²) in [6.07, 6.45) is 0. The second-order valence-corrected chi connectivity index (χ2v) is 7.32. The topological polar surface area (TPSA) is 67.9 Å². The van der Waals surface area contributed by atoms with Crippen LogP contribution in [0, 0.1) is 6.92 Å². The third-order valence-corrected chi connectivity index (χ3v) is 5.17. The third-order valence-electron chi connectivity index (χ3n) is 5.17. The number of carbonyl (C=O) groups excluding carboxylic acids is 2. The number of aryl methyl sites for hydroxylation is 1. The number of hydrogen-bond donors (Lipinski definition) is 1. The molecule has 0 saturated carbocycles. The van der Waals surface area contributed by atoms with E-state index in [0.29, 0.717) is 40.6 Å². The first-order valence-electron chi connectivity index (χ1n) is 10.4. The predicted octanol–water partition coefficient (Wildman–Crippen LogP) is 4.80. The molecule has 1 aliphatic heterocycles. The Morgan fingerprint density at radius 1 is 0.906 bits per heavy atom. The zero-order valence-electron chi connectivity index (χ0n) is 18.2. The summed E-state index contributed by atoms with van der Waals surface area (Å²) in [4.78, 5) is 28.4. The highest BCUT2D eigenvalue weighted by Gasteiger charge is 2.41. The second kappa shape index (κ2) is 8.98. The summed E-state index contributed by atoms with van der Waals surface area (Å²) in [7, 11) is 1.58. The molecule has 0 aromatic heterocycles. The van der Waals surface area contributed by atoms with Gasteiger partial charge >= 0.3 is 0 Å². The van der Waals surface area contributed by atoms with E-state index in [1.54, 1.807) is 31.4 Å². The molecule has 0 aliphatic carbocycles. The van der Waals surface area contributed by atoms with Gasteiger partial charge in [0, 0.05) is 11.8 Å². The molecule has 2 amide bonds. The zero-order valence-corrected chi connectivity index (χ0v) is 18.2. The Hall–Kier alpha value is -4.06. The lowest BCUT2D eigenvalue weighted by atomic mass is 10.0. The van der Waals surface area contributed by atoms with Gasteiger partial charge in [0.2, 0.25) is 0 Å². The number of amides is 2. The molecule has 0 atom stereocenters. The Kier molecular flexibility index (Phi) is 5.94. The van der Waals surface area contributed by atoms with Crippen molar-refractivity contribution in [1.82, 2.24) is 0 Å². The van der Waals surface area contributed by atoms with Crippen molar-refractivity contribution in [3.8, 4) is 11.5 Å². The highest BCUT2D eigenvalue weighted by atomic mass is 16.5. The number of para-hydroxylation sites is 2. The Morgan fingerprint density at radius 3 is 2.38 bits per heavy atom. The lowest BCUT2D eigenvalue weighted by Crippen LogP contribution is -2.32. The lowest BCUT2D eigenvalue weighted by Gasteiger charge is -2.19. The van der Waals surface area contributed by atoms with Crippen LogP contribution in [0.2, 0.25) is 0 Å². The van der Waals surface area contributed by atoms with Gasteiger partial charge in [0.05, 0.1) is 25.0 Å². The van der Waals surface area contributed by atoms with Crippen molar-refractivity contribution in [2.75, 3.05) is 23.9 Å². The highest BCUT2D eigenvalue weighted by molar-refractivity contribution is 6.46. The molecule has 3 aromatic rings. The van der Waals surface area contributed by atoms with Crippen LogP contribution in [0.15, 0.2) is 78.5 Å². The van der Waals surface area contributed by atoms with E-state index in [1.807, 2.05) is 62.4 Å². The van der Waals surface area contributed by atoms with Crippen molar-refractivity contribution >= 4 is 28.8 Å². The average Bonchev–Trinajstić information content (AvgIpc) is 3.04. The minimum Gasteiger partial charge on any atom is -0.497 e. The number of hydrogen-bond acceptors (Lipinski definition) is 5. The zero-order chi connectivity index (χ0) is 22.7. The molecule has 4 rings (SSSR count). The summed E-state index contributed by atoms with van der Waals surface area (Å²) in [5, 5.41) is 3.16. The van der Waals surface area contributed by atoms with E-state index in [1.165, 1.54) is 4.90 Å². The summed E-state index contributed by atoms with van der Waals surface area (Å²) < 4.78 is 11.0. The van der Waals surface area contributed by atoms with Crippen LogP contribution in [0.5, 0.6) is 11.5 Å². The molecule has 1 heterocycles. The van der Waals surface area contributed by atoms with Crippen LogP contribution in [0.25, 0.3) is 5.57 Å². The van der Waals surface area contributed by atoms with Gasteiger partial charge in [-0.15, -0.1) is 0 Å². The molecule has 0 fully saturated rings. The molecule has 0 saturated heterocycles. The molecule has 6 nitrogen and oxygen atoms in total. The average molecular weight is 428 g/mol. The van der Waals surface area contributed by atoms with Crippen molar-refractivity contribution in [2.45, 2.75) is 13.8 Å². The number of imide groups is 1. The maximum Gasteiger partial charge on any atom is 0.282 e. The normalized spacial score (nSPS) is 13.5. The van der Waals surface area contributed by atoms with Crippen molar-refractivity contribution < 1.29 is 19.1 Å². The fourth-order valence-corrected chi connectivity index (χ4v) is 3.62. The van der Waals surface area contributed by atoms with Crippen molar-refractivity contribution in [1.29, 1.82) is 0 Å². The first-order valence-corrected chi connectivity index (χ1v) is 10.4. The number of anilines is 2. The summed E-state index contributed by atoms with van der Waals surface area (Å²) in [5.74, 6) is 0.266. The SMILES string of the molecule is CCOc1ccccc1N1C(=O)C(Nc2cccc(OC)c2)=C(c2ccc(C)cc2)C1=O. The largest absolute Gasteiger partial charge is 0.497 e. The molecule has 32 heavy (non-hydrogen) atoms. The summed E-state index contributed by atoms with van der Waals surface area (Å²) in [5.41, 5.74) is 3.30. The van der Waals surface area contributed by atoms with Crippen molar-refractivity contribution in [3.05, 3.63) is 89.6 Å². The minimum atomic E-state index is -0.444. The maximum absolute atomic E-state index is 13.6. The molecule has 1 aliphatic rings. The number of methoxy groups -OCH3 is 1. The summed E-state index contributed by atoms with van der Waals surface area (Å²) >= 11 is 0. The summed E-state index contributed by atoms with van der Waals surface area (Å²) in [6, 6.07) is 21.8. The fourth-order valence-electron chi connectivity index (χ4n) is 3.62. The van der Waals surface area contributed by atoms with Gasteiger partial charge in [-0.3, -0.25) is 9.59 Å². The first-order chi connectivity index (χ1) is 15.5. The molecule has 0 bridgehead atoms. The van der Waals surface area contributed by atoms with Crippen LogP contribution < -0.4 is 19.7 Å². The number of ether oxygens (including phenoxy) is 2. The van der Waals surface area contributed by atoms with E-state index in [-0.39, 0.29) is 5.70 Å². The molecule has 0 radical (unpaired) electrons. The molecule has 0 spiro atoms. The van der Waals surface area contributed by atoms with Gasteiger partial charge in [-0.1, -0.05) is 48.0 Å². The monoisotopic (exact) mass is 428 g/mol. The smallest absolute Gasteiger partial charge is 0.282 e. The van der Waals surface area contributed by atoms with E-state index in [0.717, 1.165) is 5.56 Å². The molecular weight excluding hydrogens is 404 g/mol. The Morgan fingerprint density at radius 2 is 1.66 bits per heavy atom. The van der Waals surface area contributed by atoms with Crippen LogP contribution in [-0.4, -0.2) is 25.5 Å². The van der Waals surface area contributed by atoms with Gasteiger partial charge in [0.25, 0.3) is 11.8 Å². The third kappa shape index (κ3) is 3.95. The van der Waals surface area contributed by atoms with Crippen LogP contribution in [-0.2, 0) is 9.59 Å². The molecular formula is C26H24N2O4. The second-order valence-electron chi connectivity index (χ2n) is 7.32.